The van der Waals surface area contributed by atoms with Crippen LogP contribution in [0.1, 0.15) is 46.0 Å². The predicted octanol–water partition coefficient (Wildman–Crippen LogP) is 3.13. The average Bonchev–Trinajstić information content (AvgIpc) is 2.19. The minimum atomic E-state index is -0.160. The summed E-state index contributed by atoms with van der Waals surface area (Å²) in [6.45, 7) is 5.96. The molecular formula is C12H21NO. The van der Waals surface area contributed by atoms with Crippen molar-refractivity contribution in [1.82, 2.24) is 0 Å². The molecule has 80 valence electrons. The zero-order valence-corrected chi connectivity index (χ0v) is 9.38. The van der Waals surface area contributed by atoms with Gasteiger partial charge in [-0.15, -0.1) is 0 Å². The fourth-order valence-electron chi connectivity index (χ4n) is 2.04. The Bertz CT molecular complexity index is 199. The number of ether oxygens (including phenoxy) is 1. The minimum Gasteiger partial charge on any atom is -0.380 e. The van der Waals surface area contributed by atoms with E-state index in [1.54, 1.807) is 0 Å². The lowest BCUT2D eigenvalue weighted by Crippen LogP contribution is -2.30. The van der Waals surface area contributed by atoms with Crippen molar-refractivity contribution >= 4 is 0 Å². The molecule has 1 fully saturated rings. The monoisotopic (exact) mass is 195 g/mol. The Balaban J connectivity index is 2.34. The Kier molecular flexibility index (Phi) is 4.41. The van der Waals surface area contributed by atoms with Gasteiger partial charge in [-0.3, -0.25) is 0 Å². The Morgan fingerprint density at radius 1 is 1.50 bits per heavy atom. The van der Waals surface area contributed by atoms with Gasteiger partial charge in [0, 0.05) is 6.61 Å². The van der Waals surface area contributed by atoms with Crippen molar-refractivity contribution in [3.05, 3.63) is 0 Å². The summed E-state index contributed by atoms with van der Waals surface area (Å²) in [7, 11) is 0. The highest BCUT2D eigenvalue weighted by molar-refractivity contribution is 5.00. The molecule has 1 saturated heterocycles. The lowest BCUT2D eigenvalue weighted by molar-refractivity contribution is 0.0166. The molecule has 1 atom stereocenters. The molecule has 0 bridgehead atoms. The maximum atomic E-state index is 9.18. The van der Waals surface area contributed by atoms with E-state index in [1.807, 2.05) is 0 Å². The van der Waals surface area contributed by atoms with Crippen LogP contribution in [0.5, 0.6) is 0 Å². The number of nitrogens with zero attached hydrogens (tertiary/aromatic N) is 1. The number of rotatable bonds is 4. The molecule has 0 aliphatic carbocycles. The fraction of sp³-hybridized carbons (Fsp3) is 0.917. The fourth-order valence-corrected chi connectivity index (χ4v) is 2.04. The van der Waals surface area contributed by atoms with Crippen molar-refractivity contribution in [1.29, 1.82) is 5.26 Å². The van der Waals surface area contributed by atoms with Gasteiger partial charge in [-0.25, -0.2) is 0 Å². The number of hydrogen-bond acceptors (Lipinski definition) is 2. The second-order valence-corrected chi connectivity index (χ2v) is 4.83. The second kappa shape index (κ2) is 5.36. The first-order valence-corrected chi connectivity index (χ1v) is 5.67. The van der Waals surface area contributed by atoms with Crippen molar-refractivity contribution in [2.24, 2.45) is 11.3 Å². The third-order valence-corrected chi connectivity index (χ3v) is 3.00. The first-order valence-electron chi connectivity index (χ1n) is 5.67. The van der Waals surface area contributed by atoms with Gasteiger partial charge in [-0.2, -0.15) is 5.26 Å². The van der Waals surface area contributed by atoms with Gasteiger partial charge in [-0.1, -0.05) is 26.7 Å². The minimum absolute atomic E-state index is 0.160. The highest BCUT2D eigenvalue weighted by atomic mass is 16.5. The smallest absolute Gasteiger partial charge is 0.0807 e. The van der Waals surface area contributed by atoms with Crippen LogP contribution in [-0.2, 0) is 4.74 Å². The zero-order valence-electron chi connectivity index (χ0n) is 9.38. The predicted molar refractivity (Wildman–Crippen MR) is 56.8 cm³/mol. The molecule has 2 nitrogen and oxygen atoms in total. The van der Waals surface area contributed by atoms with Crippen LogP contribution < -0.4 is 0 Å². The molecule has 1 heterocycles. The summed E-state index contributed by atoms with van der Waals surface area (Å²) >= 11 is 0. The van der Waals surface area contributed by atoms with Crippen LogP contribution in [0.2, 0.25) is 0 Å². The molecule has 0 aromatic carbocycles. The van der Waals surface area contributed by atoms with Gasteiger partial charge >= 0.3 is 0 Å². The van der Waals surface area contributed by atoms with E-state index in [1.165, 1.54) is 6.42 Å². The van der Waals surface area contributed by atoms with Crippen LogP contribution in [0.25, 0.3) is 0 Å². The lowest BCUT2D eigenvalue weighted by atomic mass is 9.79. The molecule has 0 spiro atoms. The summed E-state index contributed by atoms with van der Waals surface area (Å²) in [5.41, 5.74) is -0.160. The molecule has 1 aliphatic rings. The molecule has 0 aromatic heterocycles. The largest absolute Gasteiger partial charge is 0.380 e. The van der Waals surface area contributed by atoms with Gasteiger partial charge < -0.3 is 4.74 Å². The van der Waals surface area contributed by atoms with E-state index < -0.39 is 0 Å². The molecule has 0 saturated carbocycles. The third kappa shape index (κ3) is 3.31. The van der Waals surface area contributed by atoms with Gasteiger partial charge in [0.05, 0.1) is 18.1 Å². The van der Waals surface area contributed by atoms with E-state index in [2.05, 4.69) is 19.9 Å². The van der Waals surface area contributed by atoms with Crippen molar-refractivity contribution in [2.45, 2.75) is 46.0 Å². The standard InChI is InChI=1S/C12H21NO/c1-11(2)5-3-6-12(9-13)7-4-8-14-10-12/h11H,3-8,10H2,1-2H3. The van der Waals surface area contributed by atoms with E-state index in [4.69, 9.17) is 4.74 Å². The van der Waals surface area contributed by atoms with Crippen molar-refractivity contribution in [3.8, 4) is 6.07 Å². The molecular weight excluding hydrogens is 174 g/mol. The molecule has 1 aliphatic heterocycles. The van der Waals surface area contributed by atoms with Crippen molar-refractivity contribution < 1.29 is 4.74 Å². The van der Waals surface area contributed by atoms with Gasteiger partial charge in [0.2, 0.25) is 0 Å². The van der Waals surface area contributed by atoms with E-state index in [0.29, 0.717) is 6.61 Å². The van der Waals surface area contributed by atoms with Crippen LogP contribution >= 0.6 is 0 Å². The third-order valence-electron chi connectivity index (χ3n) is 3.00. The van der Waals surface area contributed by atoms with Gasteiger partial charge in [0.1, 0.15) is 0 Å². The molecule has 1 rings (SSSR count). The Morgan fingerprint density at radius 2 is 2.29 bits per heavy atom. The molecule has 0 amide bonds. The van der Waals surface area contributed by atoms with Gasteiger partial charge in [0.25, 0.3) is 0 Å². The molecule has 14 heavy (non-hydrogen) atoms. The summed E-state index contributed by atoms with van der Waals surface area (Å²) in [6.07, 6.45) is 5.48. The SMILES string of the molecule is CC(C)CCCC1(C#N)CCCOC1. The van der Waals surface area contributed by atoms with E-state index in [-0.39, 0.29) is 5.41 Å². The highest BCUT2D eigenvalue weighted by Crippen LogP contribution is 2.33. The number of nitriles is 1. The van der Waals surface area contributed by atoms with E-state index in [0.717, 1.165) is 38.2 Å². The molecule has 0 aromatic rings. The molecule has 2 heteroatoms. The quantitative estimate of drug-likeness (QED) is 0.690. The summed E-state index contributed by atoms with van der Waals surface area (Å²) in [5.74, 6) is 0.746. The lowest BCUT2D eigenvalue weighted by Gasteiger charge is -2.30. The summed E-state index contributed by atoms with van der Waals surface area (Å²) in [4.78, 5) is 0. The normalized spacial score (nSPS) is 27.6. The van der Waals surface area contributed by atoms with Crippen LogP contribution in [0.15, 0.2) is 0 Å². The van der Waals surface area contributed by atoms with Gasteiger partial charge in [0.15, 0.2) is 0 Å². The van der Waals surface area contributed by atoms with E-state index in [9.17, 15) is 5.26 Å². The Labute approximate surface area is 87.3 Å². The molecule has 0 N–H and O–H groups in total. The van der Waals surface area contributed by atoms with Crippen molar-refractivity contribution in [3.63, 3.8) is 0 Å². The van der Waals surface area contributed by atoms with E-state index >= 15 is 0 Å². The van der Waals surface area contributed by atoms with Crippen LogP contribution in [-0.4, -0.2) is 13.2 Å². The molecule has 0 radical (unpaired) electrons. The van der Waals surface area contributed by atoms with Gasteiger partial charge in [-0.05, 0) is 25.2 Å². The summed E-state index contributed by atoms with van der Waals surface area (Å²) in [5, 5.41) is 9.18. The average molecular weight is 195 g/mol. The first kappa shape index (κ1) is 11.5. The maximum absolute atomic E-state index is 9.18. The Hall–Kier alpha value is -0.550. The number of hydrogen-bond donors (Lipinski definition) is 0. The van der Waals surface area contributed by atoms with Crippen LogP contribution in [0.3, 0.4) is 0 Å². The van der Waals surface area contributed by atoms with Crippen LogP contribution in [0, 0.1) is 22.7 Å². The summed E-state index contributed by atoms with van der Waals surface area (Å²) in [6, 6.07) is 2.47. The molecule has 1 unspecified atom stereocenters. The van der Waals surface area contributed by atoms with Crippen LogP contribution in [0.4, 0.5) is 0 Å². The topological polar surface area (TPSA) is 33.0 Å². The maximum Gasteiger partial charge on any atom is 0.0807 e. The zero-order chi connectivity index (χ0) is 10.4. The highest BCUT2D eigenvalue weighted by Gasteiger charge is 2.32. The van der Waals surface area contributed by atoms with Crippen molar-refractivity contribution in [2.75, 3.05) is 13.2 Å². The Morgan fingerprint density at radius 3 is 2.79 bits per heavy atom. The second-order valence-electron chi connectivity index (χ2n) is 4.83. The first-order chi connectivity index (χ1) is 6.68. The summed E-state index contributed by atoms with van der Waals surface area (Å²) < 4.78 is 5.41.